The van der Waals surface area contributed by atoms with Gasteiger partial charge in [0.05, 0.1) is 0 Å². The number of nitrogens with zero attached hydrogens (tertiary/aromatic N) is 1. The van der Waals surface area contributed by atoms with Crippen molar-refractivity contribution in [3.8, 4) is 0 Å². The van der Waals surface area contributed by atoms with Crippen molar-refractivity contribution in [2.45, 2.75) is 44.2 Å². The molecule has 1 aromatic rings. The summed E-state index contributed by atoms with van der Waals surface area (Å²) in [6, 6.07) is 10.3. The van der Waals surface area contributed by atoms with Crippen LogP contribution in [0.2, 0.25) is 0 Å². The molecule has 3 aliphatic rings. The molecule has 1 amide bonds. The SMILES string of the molecule is O=C(NC(C1CC1)C1CC1)C1=NOC(c2ccccc2)C1. The molecule has 2 fully saturated rings. The average molecular weight is 284 g/mol. The Balaban J connectivity index is 1.37. The van der Waals surface area contributed by atoms with Crippen molar-refractivity contribution in [3.63, 3.8) is 0 Å². The van der Waals surface area contributed by atoms with E-state index in [0.717, 1.165) is 5.56 Å². The predicted octanol–water partition coefficient (Wildman–Crippen LogP) is 2.81. The van der Waals surface area contributed by atoms with Gasteiger partial charge in [-0.15, -0.1) is 0 Å². The zero-order valence-corrected chi connectivity index (χ0v) is 12.0. The molecule has 1 atom stereocenters. The highest BCUT2D eigenvalue weighted by Gasteiger charge is 2.43. The minimum Gasteiger partial charge on any atom is -0.387 e. The van der Waals surface area contributed by atoms with Gasteiger partial charge in [-0.25, -0.2) is 0 Å². The van der Waals surface area contributed by atoms with Gasteiger partial charge in [-0.05, 0) is 43.1 Å². The molecule has 4 rings (SSSR count). The summed E-state index contributed by atoms with van der Waals surface area (Å²) >= 11 is 0. The Morgan fingerprint density at radius 1 is 1.14 bits per heavy atom. The second-order valence-corrected chi connectivity index (χ2v) is 6.42. The first kappa shape index (κ1) is 12.9. The third-order valence-electron chi connectivity index (χ3n) is 4.66. The summed E-state index contributed by atoms with van der Waals surface area (Å²) in [6.45, 7) is 0. The van der Waals surface area contributed by atoms with Crippen molar-refractivity contribution in [1.29, 1.82) is 0 Å². The minimum atomic E-state index is -0.118. The van der Waals surface area contributed by atoms with Crippen LogP contribution in [0.4, 0.5) is 0 Å². The summed E-state index contributed by atoms with van der Waals surface area (Å²) in [6.07, 6.45) is 5.49. The smallest absolute Gasteiger partial charge is 0.269 e. The van der Waals surface area contributed by atoms with E-state index in [1.54, 1.807) is 0 Å². The predicted molar refractivity (Wildman–Crippen MR) is 79.7 cm³/mol. The monoisotopic (exact) mass is 284 g/mol. The van der Waals surface area contributed by atoms with Gasteiger partial charge < -0.3 is 10.2 Å². The van der Waals surface area contributed by atoms with Gasteiger partial charge in [0.2, 0.25) is 0 Å². The third kappa shape index (κ3) is 2.80. The number of rotatable bonds is 5. The van der Waals surface area contributed by atoms with Crippen LogP contribution >= 0.6 is 0 Å². The molecule has 0 aromatic heterocycles. The Morgan fingerprint density at radius 3 is 2.43 bits per heavy atom. The Morgan fingerprint density at radius 2 is 1.81 bits per heavy atom. The Labute approximate surface area is 124 Å². The normalized spacial score (nSPS) is 24.6. The number of hydrogen-bond acceptors (Lipinski definition) is 3. The summed E-state index contributed by atoms with van der Waals surface area (Å²) < 4.78 is 0. The average Bonchev–Trinajstić information content (AvgIpc) is 3.44. The first-order valence-electron chi connectivity index (χ1n) is 7.90. The molecule has 4 nitrogen and oxygen atoms in total. The molecule has 2 saturated carbocycles. The van der Waals surface area contributed by atoms with Crippen molar-refractivity contribution in [3.05, 3.63) is 35.9 Å². The Kier molecular flexibility index (Phi) is 3.17. The first-order chi connectivity index (χ1) is 10.3. The van der Waals surface area contributed by atoms with Crippen LogP contribution in [0.5, 0.6) is 0 Å². The lowest BCUT2D eigenvalue weighted by atomic mass is 10.0. The quantitative estimate of drug-likeness (QED) is 0.904. The molecule has 0 radical (unpaired) electrons. The molecule has 0 spiro atoms. The fourth-order valence-corrected chi connectivity index (χ4v) is 3.12. The highest BCUT2D eigenvalue weighted by molar-refractivity contribution is 6.39. The second-order valence-electron chi connectivity index (χ2n) is 6.42. The van der Waals surface area contributed by atoms with E-state index < -0.39 is 0 Å². The molecule has 1 N–H and O–H groups in total. The lowest BCUT2D eigenvalue weighted by molar-refractivity contribution is -0.115. The molecule has 1 unspecified atom stereocenters. The first-order valence-corrected chi connectivity index (χ1v) is 7.90. The van der Waals surface area contributed by atoms with Crippen LogP contribution in [0.1, 0.15) is 43.8 Å². The van der Waals surface area contributed by atoms with Crippen molar-refractivity contribution >= 4 is 11.6 Å². The van der Waals surface area contributed by atoms with Gasteiger partial charge in [0, 0.05) is 12.5 Å². The number of oxime groups is 1. The highest BCUT2D eigenvalue weighted by atomic mass is 16.6. The largest absolute Gasteiger partial charge is 0.387 e. The molecular formula is C17H20N2O2. The van der Waals surface area contributed by atoms with Crippen LogP contribution in [0, 0.1) is 11.8 Å². The van der Waals surface area contributed by atoms with Gasteiger partial charge in [-0.1, -0.05) is 35.5 Å². The van der Waals surface area contributed by atoms with Crippen LogP contribution in [0.25, 0.3) is 0 Å². The molecule has 4 heteroatoms. The zero-order valence-electron chi connectivity index (χ0n) is 12.0. The van der Waals surface area contributed by atoms with Crippen LogP contribution in [0.15, 0.2) is 35.5 Å². The van der Waals surface area contributed by atoms with E-state index in [4.69, 9.17) is 4.84 Å². The van der Waals surface area contributed by atoms with Crippen LogP contribution < -0.4 is 5.32 Å². The molecule has 110 valence electrons. The third-order valence-corrected chi connectivity index (χ3v) is 4.66. The topological polar surface area (TPSA) is 50.7 Å². The molecule has 21 heavy (non-hydrogen) atoms. The van der Waals surface area contributed by atoms with Gasteiger partial charge in [-0.3, -0.25) is 4.79 Å². The molecule has 2 aliphatic carbocycles. The summed E-state index contributed by atoms with van der Waals surface area (Å²) in [5, 5.41) is 7.22. The number of benzene rings is 1. The maximum absolute atomic E-state index is 12.4. The van der Waals surface area contributed by atoms with Gasteiger partial charge in [0.1, 0.15) is 5.71 Å². The van der Waals surface area contributed by atoms with Gasteiger partial charge >= 0.3 is 0 Å². The molecular weight excluding hydrogens is 264 g/mol. The van der Waals surface area contributed by atoms with Gasteiger partial charge in [-0.2, -0.15) is 0 Å². The Hall–Kier alpha value is -1.84. The second kappa shape index (κ2) is 5.17. The van der Waals surface area contributed by atoms with E-state index in [9.17, 15) is 4.79 Å². The molecule has 0 saturated heterocycles. The molecule has 1 heterocycles. The lowest BCUT2D eigenvalue weighted by Crippen LogP contribution is -2.41. The van der Waals surface area contributed by atoms with Crippen molar-refractivity contribution in [1.82, 2.24) is 5.32 Å². The van der Waals surface area contributed by atoms with Crippen molar-refractivity contribution in [2.24, 2.45) is 17.0 Å². The summed E-state index contributed by atoms with van der Waals surface area (Å²) in [7, 11) is 0. The fourth-order valence-electron chi connectivity index (χ4n) is 3.12. The van der Waals surface area contributed by atoms with Crippen LogP contribution in [-0.2, 0) is 9.63 Å². The van der Waals surface area contributed by atoms with E-state index in [0.29, 0.717) is 30.0 Å². The Bertz CT molecular complexity index is 549. The number of amides is 1. The van der Waals surface area contributed by atoms with E-state index in [-0.39, 0.29) is 12.0 Å². The van der Waals surface area contributed by atoms with E-state index >= 15 is 0 Å². The maximum atomic E-state index is 12.4. The van der Waals surface area contributed by atoms with Gasteiger partial charge in [0.25, 0.3) is 5.91 Å². The highest BCUT2D eigenvalue weighted by Crippen LogP contribution is 2.44. The number of hydrogen-bond donors (Lipinski definition) is 1. The summed E-state index contributed by atoms with van der Waals surface area (Å²) in [5.41, 5.74) is 1.61. The van der Waals surface area contributed by atoms with Gasteiger partial charge in [0.15, 0.2) is 6.10 Å². The fraction of sp³-hybridized carbons (Fsp3) is 0.529. The zero-order chi connectivity index (χ0) is 14.2. The maximum Gasteiger partial charge on any atom is 0.269 e. The van der Waals surface area contributed by atoms with E-state index in [2.05, 4.69) is 10.5 Å². The van der Waals surface area contributed by atoms with Crippen LogP contribution in [0.3, 0.4) is 0 Å². The van der Waals surface area contributed by atoms with E-state index in [1.165, 1.54) is 25.7 Å². The standard InChI is InChI=1S/C17H20N2O2/c20-17(18-16(12-6-7-12)13-8-9-13)14-10-15(21-19-14)11-4-2-1-3-5-11/h1-5,12-13,15-16H,6-10H2,(H,18,20). The molecule has 1 aliphatic heterocycles. The van der Waals surface area contributed by atoms with E-state index in [1.807, 2.05) is 30.3 Å². The minimum absolute atomic E-state index is 0.0303. The van der Waals surface area contributed by atoms with Crippen LogP contribution in [-0.4, -0.2) is 17.7 Å². The number of nitrogens with one attached hydrogen (secondary N) is 1. The number of carbonyl (C=O) groups excluding carboxylic acids is 1. The van der Waals surface area contributed by atoms with Crippen molar-refractivity contribution < 1.29 is 9.63 Å². The summed E-state index contributed by atoms with van der Waals surface area (Å²) in [4.78, 5) is 17.8. The molecule has 1 aromatic carbocycles. The molecule has 0 bridgehead atoms. The van der Waals surface area contributed by atoms with Crippen molar-refractivity contribution in [2.75, 3.05) is 0 Å². The summed E-state index contributed by atoms with van der Waals surface area (Å²) in [5.74, 6) is 1.38. The number of carbonyl (C=O) groups is 1. The lowest BCUT2D eigenvalue weighted by Gasteiger charge is -2.17.